The summed E-state index contributed by atoms with van der Waals surface area (Å²) in [5.74, 6) is -0.658. The van der Waals surface area contributed by atoms with Crippen molar-refractivity contribution in [2.24, 2.45) is 0 Å². The fourth-order valence-electron chi connectivity index (χ4n) is 1.19. The van der Waals surface area contributed by atoms with Crippen molar-refractivity contribution in [3.63, 3.8) is 0 Å². The smallest absolute Gasteiger partial charge is 0.255 e. The van der Waals surface area contributed by atoms with Crippen LogP contribution in [-0.2, 0) is 5.60 Å². The van der Waals surface area contributed by atoms with Gasteiger partial charge in [0.05, 0.1) is 12.2 Å². The largest absolute Gasteiger partial charge is 0.489 e. The molecule has 0 aromatic carbocycles. The summed E-state index contributed by atoms with van der Waals surface area (Å²) in [6, 6.07) is 1.55. The molecule has 4 heteroatoms. The first-order valence-electron chi connectivity index (χ1n) is 4.47. The molecule has 0 aliphatic rings. The van der Waals surface area contributed by atoms with Crippen LogP contribution in [0.5, 0.6) is 5.75 Å². The minimum Gasteiger partial charge on any atom is -0.489 e. The first kappa shape index (κ1) is 10.9. The normalized spacial score (nSPS) is 11.5. The highest BCUT2D eigenvalue weighted by molar-refractivity contribution is 5.35. The zero-order valence-corrected chi connectivity index (χ0v) is 8.54. The van der Waals surface area contributed by atoms with E-state index in [1.165, 1.54) is 6.20 Å². The van der Waals surface area contributed by atoms with E-state index in [1.54, 1.807) is 26.8 Å². The first-order valence-corrected chi connectivity index (χ1v) is 4.47. The fourth-order valence-corrected chi connectivity index (χ4v) is 1.19. The number of aromatic nitrogens is 1. The van der Waals surface area contributed by atoms with Gasteiger partial charge in [-0.05, 0) is 26.8 Å². The highest BCUT2D eigenvalue weighted by Crippen LogP contribution is 2.30. The summed E-state index contributed by atoms with van der Waals surface area (Å²) in [4.78, 5) is 3.47. The minimum atomic E-state index is -1.13. The molecule has 0 atom stereocenters. The molecule has 1 N–H and O–H groups in total. The van der Waals surface area contributed by atoms with Gasteiger partial charge in [-0.3, -0.25) is 0 Å². The Morgan fingerprint density at radius 2 is 2.21 bits per heavy atom. The molecule has 14 heavy (non-hydrogen) atoms. The van der Waals surface area contributed by atoms with Gasteiger partial charge in [0.15, 0.2) is 5.75 Å². The second-order valence-corrected chi connectivity index (χ2v) is 3.47. The van der Waals surface area contributed by atoms with Crippen LogP contribution in [0.1, 0.15) is 26.3 Å². The molecule has 1 aromatic rings. The van der Waals surface area contributed by atoms with Crippen molar-refractivity contribution >= 4 is 0 Å². The molecule has 0 bridgehead atoms. The van der Waals surface area contributed by atoms with Gasteiger partial charge < -0.3 is 9.84 Å². The number of hydrogen-bond donors (Lipinski definition) is 1. The lowest BCUT2D eigenvalue weighted by atomic mass is 9.99. The van der Waals surface area contributed by atoms with Crippen LogP contribution in [0.25, 0.3) is 0 Å². The number of hydrogen-bond acceptors (Lipinski definition) is 3. The Morgan fingerprint density at radius 3 is 2.71 bits per heavy atom. The topological polar surface area (TPSA) is 42.4 Å². The monoisotopic (exact) mass is 199 g/mol. The number of rotatable bonds is 3. The van der Waals surface area contributed by atoms with E-state index < -0.39 is 11.5 Å². The average molecular weight is 199 g/mol. The van der Waals surface area contributed by atoms with Crippen LogP contribution in [0.15, 0.2) is 12.3 Å². The Kier molecular flexibility index (Phi) is 3.06. The van der Waals surface area contributed by atoms with E-state index in [0.29, 0.717) is 12.2 Å². The van der Waals surface area contributed by atoms with E-state index in [0.717, 1.165) is 0 Å². The van der Waals surface area contributed by atoms with Gasteiger partial charge in [0.1, 0.15) is 0 Å². The summed E-state index contributed by atoms with van der Waals surface area (Å²) < 4.78 is 18.3. The molecule has 1 rings (SSSR count). The third-order valence-electron chi connectivity index (χ3n) is 1.81. The third-order valence-corrected chi connectivity index (χ3v) is 1.81. The highest BCUT2D eigenvalue weighted by atomic mass is 19.1. The molecule has 0 unspecified atom stereocenters. The van der Waals surface area contributed by atoms with Crippen molar-refractivity contribution in [3.8, 4) is 5.75 Å². The van der Waals surface area contributed by atoms with Gasteiger partial charge >= 0.3 is 0 Å². The number of ether oxygens (including phenoxy) is 1. The quantitative estimate of drug-likeness (QED) is 0.755. The molecule has 0 aliphatic carbocycles. The summed E-state index contributed by atoms with van der Waals surface area (Å²) in [5, 5.41) is 9.75. The summed E-state index contributed by atoms with van der Waals surface area (Å²) in [5.41, 5.74) is -0.722. The fraction of sp³-hybridized carbons (Fsp3) is 0.500. The second kappa shape index (κ2) is 3.92. The predicted molar refractivity (Wildman–Crippen MR) is 50.6 cm³/mol. The van der Waals surface area contributed by atoms with Crippen LogP contribution in [-0.4, -0.2) is 16.7 Å². The predicted octanol–water partition coefficient (Wildman–Crippen LogP) is 1.85. The molecule has 0 aliphatic heterocycles. The molecule has 0 fully saturated rings. The van der Waals surface area contributed by atoms with Gasteiger partial charge in [0.2, 0.25) is 0 Å². The standard InChI is InChI=1S/C10H14FNO2/c1-4-14-8-7(10(2,3)13)5-6-12-9(8)11/h5-6,13H,4H2,1-3H3. The molecule has 1 aromatic heterocycles. The lowest BCUT2D eigenvalue weighted by Crippen LogP contribution is -2.18. The molecule has 0 spiro atoms. The third kappa shape index (κ3) is 2.20. The van der Waals surface area contributed by atoms with Crippen molar-refractivity contribution in [3.05, 3.63) is 23.8 Å². The molecular formula is C10H14FNO2. The lowest BCUT2D eigenvalue weighted by molar-refractivity contribution is 0.0738. The molecule has 78 valence electrons. The van der Waals surface area contributed by atoms with Gasteiger partial charge in [-0.1, -0.05) is 0 Å². The van der Waals surface area contributed by atoms with E-state index in [2.05, 4.69) is 4.98 Å². The molecule has 0 amide bonds. The average Bonchev–Trinajstić information content (AvgIpc) is 2.07. The Bertz CT molecular complexity index is 320. The number of aliphatic hydroxyl groups is 1. The maximum Gasteiger partial charge on any atom is 0.255 e. The summed E-state index contributed by atoms with van der Waals surface area (Å²) in [7, 11) is 0. The molecule has 0 radical (unpaired) electrons. The van der Waals surface area contributed by atoms with Crippen LogP contribution >= 0.6 is 0 Å². The van der Waals surface area contributed by atoms with Gasteiger partial charge in [0.25, 0.3) is 5.95 Å². The highest BCUT2D eigenvalue weighted by Gasteiger charge is 2.23. The second-order valence-electron chi connectivity index (χ2n) is 3.47. The SMILES string of the molecule is CCOc1c(C(C)(C)O)ccnc1F. The van der Waals surface area contributed by atoms with Crippen LogP contribution in [0.4, 0.5) is 4.39 Å². The van der Waals surface area contributed by atoms with E-state index in [4.69, 9.17) is 4.74 Å². The van der Waals surface area contributed by atoms with Crippen LogP contribution < -0.4 is 4.74 Å². The molecule has 1 heterocycles. The maximum absolute atomic E-state index is 13.2. The van der Waals surface area contributed by atoms with Gasteiger partial charge in [0, 0.05) is 11.8 Å². The van der Waals surface area contributed by atoms with Crippen LogP contribution in [0.2, 0.25) is 0 Å². The van der Waals surface area contributed by atoms with E-state index in [1.807, 2.05) is 0 Å². The maximum atomic E-state index is 13.2. The number of nitrogens with zero attached hydrogens (tertiary/aromatic N) is 1. The van der Waals surface area contributed by atoms with Crippen LogP contribution in [0.3, 0.4) is 0 Å². The zero-order valence-electron chi connectivity index (χ0n) is 8.54. The Labute approximate surface area is 82.5 Å². The van der Waals surface area contributed by atoms with Crippen LogP contribution in [0, 0.1) is 5.95 Å². The Hall–Kier alpha value is -1.16. The van der Waals surface area contributed by atoms with Crippen molar-refractivity contribution in [1.29, 1.82) is 0 Å². The minimum absolute atomic E-state index is 0.0301. The summed E-state index contributed by atoms with van der Waals surface area (Å²) >= 11 is 0. The zero-order chi connectivity index (χ0) is 10.8. The summed E-state index contributed by atoms with van der Waals surface area (Å²) in [6.45, 7) is 5.24. The number of pyridine rings is 1. The van der Waals surface area contributed by atoms with Crippen molar-refractivity contribution < 1.29 is 14.2 Å². The lowest BCUT2D eigenvalue weighted by Gasteiger charge is -2.20. The first-order chi connectivity index (χ1) is 6.46. The van der Waals surface area contributed by atoms with E-state index in [9.17, 15) is 9.50 Å². The number of halogens is 1. The van der Waals surface area contributed by atoms with E-state index in [-0.39, 0.29) is 5.75 Å². The molecule has 0 saturated carbocycles. The van der Waals surface area contributed by atoms with Crippen molar-refractivity contribution in [1.82, 2.24) is 4.98 Å². The Balaban J connectivity index is 3.21. The molecule has 0 saturated heterocycles. The molecule has 3 nitrogen and oxygen atoms in total. The summed E-state index contributed by atoms with van der Waals surface area (Å²) in [6.07, 6.45) is 1.31. The van der Waals surface area contributed by atoms with Crippen molar-refractivity contribution in [2.45, 2.75) is 26.4 Å². The van der Waals surface area contributed by atoms with Gasteiger partial charge in [-0.15, -0.1) is 0 Å². The molecular weight excluding hydrogens is 185 g/mol. The van der Waals surface area contributed by atoms with Gasteiger partial charge in [-0.2, -0.15) is 4.39 Å². The van der Waals surface area contributed by atoms with Gasteiger partial charge in [-0.25, -0.2) is 4.98 Å². The van der Waals surface area contributed by atoms with E-state index >= 15 is 0 Å². The Morgan fingerprint density at radius 1 is 1.57 bits per heavy atom. The van der Waals surface area contributed by atoms with Crippen molar-refractivity contribution in [2.75, 3.05) is 6.61 Å².